The molecule has 0 saturated carbocycles. The van der Waals surface area contributed by atoms with E-state index in [1.54, 1.807) is 0 Å². The summed E-state index contributed by atoms with van der Waals surface area (Å²) in [4.78, 5) is 27.6. The number of rotatable bonds is 3. The van der Waals surface area contributed by atoms with Crippen molar-refractivity contribution in [2.45, 2.75) is 25.4 Å². The number of nitrogens with zero attached hydrogens (tertiary/aromatic N) is 1. The summed E-state index contributed by atoms with van der Waals surface area (Å²) in [5, 5.41) is 0. The maximum Gasteiger partial charge on any atom is 0.288 e. The van der Waals surface area contributed by atoms with Gasteiger partial charge in [0.05, 0.1) is 25.7 Å². The maximum absolute atomic E-state index is 12.7. The van der Waals surface area contributed by atoms with E-state index in [0.29, 0.717) is 19.6 Å². The van der Waals surface area contributed by atoms with Gasteiger partial charge in [-0.3, -0.25) is 14.5 Å². The number of benzene rings is 1. The van der Waals surface area contributed by atoms with Gasteiger partial charge in [0.1, 0.15) is 13.1 Å². The summed E-state index contributed by atoms with van der Waals surface area (Å²) in [6.45, 7) is 4.86. The van der Waals surface area contributed by atoms with E-state index in [-0.39, 0.29) is 23.9 Å². The fraction of sp³-hybridized carbons (Fsp3) is 0.500. The molecule has 3 rings (SSSR count). The molecule has 2 amide bonds. The first kappa shape index (κ1) is 14.2. The number of carbonyl (C=O) groups excluding carboxylic acids is 2. The molecule has 2 aliphatic heterocycles. The minimum atomic E-state index is -0.229. The third kappa shape index (κ3) is 2.71. The molecule has 0 radical (unpaired) electrons. The van der Waals surface area contributed by atoms with Gasteiger partial charge in [0.25, 0.3) is 5.91 Å². The second-order valence-electron chi connectivity index (χ2n) is 5.72. The van der Waals surface area contributed by atoms with Crippen LogP contribution >= 0.6 is 0 Å². The molecule has 0 spiro atoms. The largest absolute Gasteiger partial charge is 0.370 e. The lowest BCUT2D eigenvalue weighted by Gasteiger charge is -2.28. The van der Waals surface area contributed by atoms with E-state index in [1.165, 1.54) is 9.80 Å². The SMILES string of the molecule is C[C@@H](c1ccccc1)N1C(=O)C[C@@H]([NH+]2CCOCC2)C1=O. The molecule has 112 valence electrons. The van der Waals surface area contributed by atoms with E-state index in [1.807, 2.05) is 37.3 Å². The molecule has 2 aliphatic rings. The average molecular weight is 289 g/mol. The van der Waals surface area contributed by atoms with E-state index in [4.69, 9.17) is 4.74 Å². The Morgan fingerprint density at radius 2 is 1.86 bits per heavy atom. The molecule has 1 N–H and O–H groups in total. The summed E-state index contributed by atoms with van der Waals surface area (Å²) in [6.07, 6.45) is 0.325. The number of hydrogen-bond acceptors (Lipinski definition) is 3. The van der Waals surface area contributed by atoms with Crippen LogP contribution in [0, 0.1) is 0 Å². The highest BCUT2D eigenvalue weighted by molar-refractivity contribution is 6.05. The molecular weight excluding hydrogens is 268 g/mol. The van der Waals surface area contributed by atoms with Gasteiger partial charge in [-0.25, -0.2) is 0 Å². The van der Waals surface area contributed by atoms with Gasteiger partial charge in [-0.05, 0) is 12.5 Å². The monoisotopic (exact) mass is 289 g/mol. The lowest BCUT2D eigenvalue weighted by atomic mass is 10.1. The van der Waals surface area contributed by atoms with Crippen LogP contribution in [0.2, 0.25) is 0 Å². The first-order chi connectivity index (χ1) is 10.2. The van der Waals surface area contributed by atoms with Gasteiger partial charge in [0, 0.05) is 0 Å². The third-order valence-corrected chi connectivity index (χ3v) is 4.48. The van der Waals surface area contributed by atoms with E-state index in [2.05, 4.69) is 0 Å². The predicted molar refractivity (Wildman–Crippen MR) is 76.6 cm³/mol. The Morgan fingerprint density at radius 3 is 2.52 bits per heavy atom. The van der Waals surface area contributed by atoms with Crippen LogP contribution in [0.25, 0.3) is 0 Å². The van der Waals surface area contributed by atoms with Gasteiger partial charge in [-0.15, -0.1) is 0 Å². The first-order valence-electron chi connectivity index (χ1n) is 7.51. The molecular formula is C16H21N2O3+. The normalized spacial score (nSPS) is 25.4. The van der Waals surface area contributed by atoms with Crippen molar-refractivity contribution in [1.82, 2.24) is 4.90 Å². The second-order valence-corrected chi connectivity index (χ2v) is 5.72. The molecule has 0 aliphatic carbocycles. The van der Waals surface area contributed by atoms with E-state index >= 15 is 0 Å². The molecule has 0 aromatic heterocycles. The van der Waals surface area contributed by atoms with E-state index in [0.717, 1.165) is 18.7 Å². The zero-order chi connectivity index (χ0) is 14.8. The number of quaternary nitrogens is 1. The number of imide groups is 1. The highest BCUT2D eigenvalue weighted by atomic mass is 16.5. The molecule has 2 heterocycles. The Morgan fingerprint density at radius 1 is 1.19 bits per heavy atom. The Kier molecular flexibility index (Phi) is 4.03. The summed E-state index contributed by atoms with van der Waals surface area (Å²) in [5.74, 6) is -0.0893. The minimum Gasteiger partial charge on any atom is -0.370 e. The number of nitrogens with one attached hydrogen (secondary N) is 1. The highest BCUT2D eigenvalue weighted by Gasteiger charge is 2.47. The molecule has 0 bridgehead atoms. The van der Waals surface area contributed by atoms with Crippen LogP contribution in [-0.2, 0) is 14.3 Å². The Labute approximate surface area is 124 Å². The summed E-state index contributed by atoms with van der Waals surface area (Å²) in [7, 11) is 0. The number of carbonyl (C=O) groups is 2. The summed E-state index contributed by atoms with van der Waals surface area (Å²) < 4.78 is 5.33. The van der Waals surface area contributed by atoms with Crippen LogP contribution in [0.4, 0.5) is 0 Å². The van der Waals surface area contributed by atoms with Crippen LogP contribution in [0.15, 0.2) is 30.3 Å². The van der Waals surface area contributed by atoms with Gasteiger partial charge in [-0.2, -0.15) is 0 Å². The zero-order valence-corrected chi connectivity index (χ0v) is 12.2. The fourth-order valence-corrected chi connectivity index (χ4v) is 3.24. The summed E-state index contributed by atoms with van der Waals surface area (Å²) in [6, 6.07) is 9.29. The topological polar surface area (TPSA) is 51.1 Å². The standard InChI is InChI=1S/C16H20N2O3/c1-12(13-5-3-2-4-6-13)18-15(19)11-14(16(18)20)17-7-9-21-10-8-17/h2-6,12,14H,7-11H2,1H3/p+1/t12-,14+/m0/s1. The Bertz CT molecular complexity index is 526. The van der Waals surface area contributed by atoms with Gasteiger partial charge >= 0.3 is 0 Å². The molecule has 2 fully saturated rings. The predicted octanol–water partition coefficient (Wildman–Crippen LogP) is -0.210. The molecule has 21 heavy (non-hydrogen) atoms. The highest BCUT2D eigenvalue weighted by Crippen LogP contribution is 2.25. The first-order valence-corrected chi connectivity index (χ1v) is 7.51. The van der Waals surface area contributed by atoms with Crippen molar-refractivity contribution in [3.8, 4) is 0 Å². The van der Waals surface area contributed by atoms with Crippen molar-refractivity contribution in [3.63, 3.8) is 0 Å². The van der Waals surface area contributed by atoms with E-state index < -0.39 is 0 Å². The molecule has 1 aromatic rings. The van der Waals surface area contributed by atoms with Crippen molar-refractivity contribution in [1.29, 1.82) is 0 Å². The van der Waals surface area contributed by atoms with Crippen LogP contribution < -0.4 is 4.90 Å². The molecule has 2 saturated heterocycles. The molecule has 1 aromatic carbocycles. The van der Waals surface area contributed by atoms with Crippen molar-refractivity contribution in [2.75, 3.05) is 26.3 Å². The number of likely N-dealkylation sites (tertiary alicyclic amines) is 1. The number of hydrogen-bond donors (Lipinski definition) is 1. The fourth-order valence-electron chi connectivity index (χ4n) is 3.24. The van der Waals surface area contributed by atoms with E-state index in [9.17, 15) is 9.59 Å². The summed E-state index contributed by atoms with van der Waals surface area (Å²) >= 11 is 0. The van der Waals surface area contributed by atoms with Crippen LogP contribution in [0.1, 0.15) is 24.9 Å². The molecule has 5 nitrogen and oxygen atoms in total. The number of ether oxygens (including phenoxy) is 1. The third-order valence-electron chi connectivity index (χ3n) is 4.48. The van der Waals surface area contributed by atoms with Gasteiger partial charge < -0.3 is 9.64 Å². The number of morpholine rings is 1. The van der Waals surface area contributed by atoms with Gasteiger partial charge in [0.2, 0.25) is 5.91 Å². The average Bonchev–Trinajstić information content (AvgIpc) is 2.83. The molecule has 5 heteroatoms. The maximum atomic E-state index is 12.7. The van der Waals surface area contributed by atoms with Crippen molar-refractivity contribution in [3.05, 3.63) is 35.9 Å². The molecule has 2 atom stereocenters. The Balaban J connectivity index is 1.77. The zero-order valence-electron chi connectivity index (χ0n) is 12.2. The summed E-state index contributed by atoms with van der Waals surface area (Å²) in [5.41, 5.74) is 0.997. The van der Waals surface area contributed by atoms with Crippen LogP contribution in [-0.4, -0.2) is 49.1 Å². The second kappa shape index (κ2) is 5.95. The van der Waals surface area contributed by atoms with Crippen LogP contribution in [0.5, 0.6) is 0 Å². The lowest BCUT2D eigenvalue weighted by molar-refractivity contribution is -0.922. The smallest absolute Gasteiger partial charge is 0.288 e. The minimum absolute atomic E-state index is 0.0340. The van der Waals surface area contributed by atoms with Gasteiger partial charge in [-0.1, -0.05) is 30.3 Å². The lowest BCUT2D eigenvalue weighted by Crippen LogP contribution is -3.18. The van der Waals surface area contributed by atoms with Crippen molar-refractivity contribution in [2.24, 2.45) is 0 Å². The van der Waals surface area contributed by atoms with Crippen molar-refractivity contribution < 1.29 is 19.2 Å². The van der Waals surface area contributed by atoms with Gasteiger partial charge in [0.15, 0.2) is 6.04 Å². The van der Waals surface area contributed by atoms with Crippen LogP contribution in [0.3, 0.4) is 0 Å². The number of amides is 2. The Hall–Kier alpha value is -1.72. The quantitative estimate of drug-likeness (QED) is 0.784. The molecule has 0 unspecified atom stereocenters. The van der Waals surface area contributed by atoms with Crippen molar-refractivity contribution >= 4 is 11.8 Å².